The Bertz CT molecular complexity index is 447. The number of carbonyl (C=O) groups is 1. The number of hydrogen-bond acceptors (Lipinski definition) is 2. The molecule has 0 spiro atoms. The lowest BCUT2D eigenvalue weighted by molar-refractivity contribution is 0.0925. The molecule has 0 radical (unpaired) electrons. The summed E-state index contributed by atoms with van der Waals surface area (Å²) in [6.07, 6.45) is 1.96. The van der Waals surface area contributed by atoms with Crippen LogP contribution in [0.4, 0.5) is 0 Å². The summed E-state index contributed by atoms with van der Waals surface area (Å²) in [4.78, 5) is 12.2. The van der Waals surface area contributed by atoms with Crippen LogP contribution in [0, 0.1) is 6.92 Å². The third-order valence-electron chi connectivity index (χ3n) is 3.47. The maximum Gasteiger partial charge on any atom is 0.251 e. The van der Waals surface area contributed by atoms with E-state index in [0.29, 0.717) is 16.6 Å². The lowest BCUT2D eigenvalue weighted by Crippen LogP contribution is -2.46. The van der Waals surface area contributed by atoms with E-state index >= 15 is 0 Å². The van der Waals surface area contributed by atoms with E-state index in [9.17, 15) is 4.79 Å². The van der Waals surface area contributed by atoms with Gasteiger partial charge in [-0.3, -0.25) is 4.79 Å². The molecule has 3 nitrogen and oxygen atoms in total. The first-order chi connectivity index (χ1) is 8.58. The third-order valence-corrected chi connectivity index (χ3v) is 3.88. The fourth-order valence-electron chi connectivity index (χ4n) is 2.38. The standard InChI is InChI=1S/C14H19ClN2O/c1-9-8-11(6-7-16-9)17-14(18)12-4-3-5-13(15)10(12)2/h3-5,9,11,16H,6-8H2,1-2H3,(H,17,18). The summed E-state index contributed by atoms with van der Waals surface area (Å²) in [5, 5.41) is 7.11. The zero-order valence-corrected chi connectivity index (χ0v) is 11.6. The van der Waals surface area contributed by atoms with Crippen LogP contribution >= 0.6 is 11.6 Å². The summed E-state index contributed by atoms with van der Waals surface area (Å²) in [7, 11) is 0. The van der Waals surface area contributed by atoms with Gasteiger partial charge in [0.1, 0.15) is 0 Å². The van der Waals surface area contributed by atoms with Gasteiger partial charge in [0.25, 0.3) is 5.91 Å². The molecule has 2 unspecified atom stereocenters. The predicted molar refractivity (Wildman–Crippen MR) is 74.1 cm³/mol. The van der Waals surface area contributed by atoms with Crippen molar-refractivity contribution < 1.29 is 4.79 Å². The van der Waals surface area contributed by atoms with Crippen molar-refractivity contribution >= 4 is 17.5 Å². The Kier molecular flexibility index (Phi) is 4.25. The summed E-state index contributed by atoms with van der Waals surface area (Å²) in [6, 6.07) is 6.16. The van der Waals surface area contributed by atoms with E-state index in [1.807, 2.05) is 19.1 Å². The molecule has 1 saturated heterocycles. The van der Waals surface area contributed by atoms with E-state index in [2.05, 4.69) is 17.6 Å². The van der Waals surface area contributed by atoms with E-state index < -0.39 is 0 Å². The average Bonchev–Trinajstić information content (AvgIpc) is 2.32. The maximum absolute atomic E-state index is 12.2. The molecule has 98 valence electrons. The predicted octanol–water partition coefficient (Wildman–Crippen LogP) is 2.52. The molecule has 18 heavy (non-hydrogen) atoms. The number of amides is 1. The third kappa shape index (κ3) is 3.03. The highest BCUT2D eigenvalue weighted by Crippen LogP contribution is 2.19. The topological polar surface area (TPSA) is 41.1 Å². The quantitative estimate of drug-likeness (QED) is 0.864. The highest BCUT2D eigenvalue weighted by molar-refractivity contribution is 6.31. The highest BCUT2D eigenvalue weighted by atomic mass is 35.5. The molecule has 1 aliphatic heterocycles. The lowest BCUT2D eigenvalue weighted by atomic mass is 9.99. The Morgan fingerprint density at radius 3 is 3.00 bits per heavy atom. The van der Waals surface area contributed by atoms with Crippen LogP contribution in [0.15, 0.2) is 18.2 Å². The molecular weight excluding hydrogens is 248 g/mol. The molecule has 0 aromatic heterocycles. The Hall–Kier alpha value is -1.06. The SMILES string of the molecule is Cc1c(Cl)cccc1C(=O)NC1CCNC(C)C1. The van der Waals surface area contributed by atoms with Gasteiger partial charge < -0.3 is 10.6 Å². The van der Waals surface area contributed by atoms with Gasteiger partial charge >= 0.3 is 0 Å². The molecule has 1 amide bonds. The molecule has 2 N–H and O–H groups in total. The molecule has 1 aliphatic rings. The average molecular weight is 267 g/mol. The van der Waals surface area contributed by atoms with E-state index in [1.54, 1.807) is 6.07 Å². The number of nitrogens with one attached hydrogen (secondary N) is 2. The molecule has 0 aliphatic carbocycles. The summed E-state index contributed by atoms with van der Waals surface area (Å²) in [5.41, 5.74) is 1.52. The summed E-state index contributed by atoms with van der Waals surface area (Å²) in [5.74, 6) is -0.0194. The van der Waals surface area contributed by atoms with E-state index in [4.69, 9.17) is 11.6 Å². The van der Waals surface area contributed by atoms with Crippen LogP contribution in [-0.2, 0) is 0 Å². The van der Waals surface area contributed by atoms with Crippen LogP contribution in [-0.4, -0.2) is 24.5 Å². The largest absolute Gasteiger partial charge is 0.349 e. The van der Waals surface area contributed by atoms with Gasteiger partial charge in [-0.25, -0.2) is 0 Å². The molecular formula is C14H19ClN2O. The van der Waals surface area contributed by atoms with Gasteiger partial charge in [-0.1, -0.05) is 17.7 Å². The van der Waals surface area contributed by atoms with Gasteiger partial charge in [-0.15, -0.1) is 0 Å². The molecule has 0 saturated carbocycles. The summed E-state index contributed by atoms with van der Waals surface area (Å²) < 4.78 is 0. The van der Waals surface area contributed by atoms with Crippen molar-refractivity contribution in [2.24, 2.45) is 0 Å². The molecule has 2 atom stereocenters. The molecule has 1 aromatic rings. The molecule has 2 rings (SSSR count). The van der Waals surface area contributed by atoms with Crippen molar-refractivity contribution in [3.63, 3.8) is 0 Å². The van der Waals surface area contributed by atoms with Crippen LogP contribution in [0.25, 0.3) is 0 Å². The van der Waals surface area contributed by atoms with Gasteiger partial charge in [-0.05, 0) is 50.9 Å². The minimum atomic E-state index is -0.0194. The van der Waals surface area contributed by atoms with Crippen molar-refractivity contribution in [2.75, 3.05) is 6.54 Å². The van der Waals surface area contributed by atoms with Crippen molar-refractivity contribution in [1.82, 2.24) is 10.6 Å². The number of hydrogen-bond donors (Lipinski definition) is 2. The first-order valence-corrected chi connectivity index (χ1v) is 6.75. The second kappa shape index (κ2) is 5.72. The van der Waals surface area contributed by atoms with Crippen LogP contribution < -0.4 is 10.6 Å². The number of carbonyl (C=O) groups excluding carboxylic acids is 1. The second-order valence-corrected chi connectivity index (χ2v) is 5.37. The molecule has 1 heterocycles. The van der Waals surface area contributed by atoms with E-state index in [0.717, 1.165) is 24.9 Å². The fraction of sp³-hybridized carbons (Fsp3) is 0.500. The van der Waals surface area contributed by atoms with Crippen LogP contribution in [0.5, 0.6) is 0 Å². The van der Waals surface area contributed by atoms with Crippen molar-refractivity contribution in [1.29, 1.82) is 0 Å². The Balaban J connectivity index is 2.05. The molecule has 0 bridgehead atoms. The lowest BCUT2D eigenvalue weighted by Gasteiger charge is -2.28. The Labute approximate surface area is 113 Å². The second-order valence-electron chi connectivity index (χ2n) is 4.96. The summed E-state index contributed by atoms with van der Waals surface area (Å²) in [6.45, 7) is 4.98. The van der Waals surface area contributed by atoms with Crippen LogP contribution in [0.2, 0.25) is 5.02 Å². The van der Waals surface area contributed by atoms with Crippen molar-refractivity contribution in [3.8, 4) is 0 Å². The number of rotatable bonds is 2. The van der Waals surface area contributed by atoms with Gasteiger partial charge in [0.2, 0.25) is 0 Å². The van der Waals surface area contributed by atoms with Gasteiger partial charge in [-0.2, -0.15) is 0 Å². The normalized spacial score (nSPS) is 23.7. The van der Waals surface area contributed by atoms with Crippen molar-refractivity contribution in [2.45, 2.75) is 38.8 Å². The first-order valence-electron chi connectivity index (χ1n) is 6.37. The van der Waals surface area contributed by atoms with Crippen LogP contribution in [0.3, 0.4) is 0 Å². The van der Waals surface area contributed by atoms with Gasteiger partial charge in [0.15, 0.2) is 0 Å². The zero-order valence-electron chi connectivity index (χ0n) is 10.8. The zero-order chi connectivity index (χ0) is 13.1. The smallest absolute Gasteiger partial charge is 0.251 e. The number of piperidine rings is 1. The minimum absolute atomic E-state index is 0.0194. The monoisotopic (exact) mass is 266 g/mol. The highest BCUT2D eigenvalue weighted by Gasteiger charge is 2.21. The van der Waals surface area contributed by atoms with E-state index in [1.165, 1.54) is 0 Å². The first kappa shape index (κ1) is 13.4. The van der Waals surface area contributed by atoms with Crippen molar-refractivity contribution in [3.05, 3.63) is 34.3 Å². The summed E-state index contributed by atoms with van der Waals surface area (Å²) >= 11 is 6.03. The number of halogens is 1. The Morgan fingerprint density at radius 1 is 1.50 bits per heavy atom. The van der Waals surface area contributed by atoms with E-state index in [-0.39, 0.29) is 11.9 Å². The molecule has 1 fully saturated rings. The molecule has 1 aromatic carbocycles. The molecule has 4 heteroatoms. The fourth-order valence-corrected chi connectivity index (χ4v) is 2.55. The Morgan fingerprint density at radius 2 is 2.28 bits per heavy atom. The van der Waals surface area contributed by atoms with Gasteiger partial charge in [0.05, 0.1) is 0 Å². The maximum atomic E-state index is 12.2. The minimum Gasteiger partial charge on any atom is -0.349 e. The van der Waals surface area contributed by atoms with Crippen LogP contribution in [0.1, 0.15) is 35.7 Å². The van der Waals surface area contributed by atoms with Gasteiger partial charge in [0, 0.05) is 22.7 Å². The number of benzene rings is 1.